The number of hydrogen-bond donors (Lipinski definition) is 1. The van der Waals surface area contributed by atoms with E-state index in [1.54, 1.807) is 11.3 Å². The molecule has 3 rings (SSSR count). The second kappa shape index (κ2) is 3.92. The van der Waals surface area contributed by atoms with Crippen molar-refractivity contribution in [2.75, 3.05) is 5.32 Å². The summed E-state index contributed by atoms with van der Waals surface area (Å²) < 4.78 is 0. The fourth-order valence-electron chi connectivity index (χ4n) is 1.89. The first-order valence-corrected chi connectivity index (χ1v) is 7.24. The zero-order chi connectivity index (χ0) is 11.9. The molecule has 17 heavy (non-hydrogen) atoms. The van der Waals surface area contributed by atoms with E-state index >= 15 is 0 Å². The van der Waals surface area contributed by atoms with Gasteiger partial charge in [-0.05, 0) is 31.2 Å². The van der Waals surface area contributed by atoms with Gasteiger partial charge in [-0.3, -0.25) is 4.79 Å². The van der Waals surface area contributed by atoms with Crippen LogP contribution in [0.4, 0.5) is 5.13 Å². The molecule has 2 aromatic heterocycles. The van der Waals surface area contributed by atoms with Gasteiger partial charge < -0.3 is 5.32 Å². The van der Waals surface area contributed by atoms with E-state index in [0.717, 1.165) is 18.5 Å². The second-order valence-electron chi connectivity index (χ2n) is 4.31. The van der Waals surface area contributed by atoms with Crippen molar-refractivity contribution in [1.82, 2.24) is 4.98 Å². The Bertz CT molecular complexity index is 541. The van der Waals surface area contributed by atoms with Gasteiger partial charge in [0.05, 0.1) is 11.1 Å². The van der Waals surface area contributed by atoms with E-state index in [4.69, 9.17) is 0 Å². The van der Waals surface area contributed by atoms with Gasteiger partial charge in [0.15, 0.2) is 5.13 Å². The third kappa shape index (κ3) is 1.89. The van der Waals surface area contributed by atoms with Crippen LogP contribution in [-0.2, 0) is 10.2 Å². The molecule has 88 valence electrons. The van der Waals surface area contributed by atoms with Crippen LogP contribution in [0.1, 0.15) is 23.4 Å². The van der Waals surface area contributed by atoms with Crippen LogP contribution in [0.25, 0.3) is 0 Å². The van der Waals surface area contributed by atoms with E-state index in [2.05, 4.69) is 10.3 Å². The van der Waals surface area contributed by atoms with Gasteiger partial charge in [-0.25, -0.2) is 4.98 Å². The maximum Gasteiger partial charge on any atom is 0.237 e. The first kappa shape index (κ1) is 10.9. The summed E-state index contributed by atoms with van der Waals surface area (Å²) in [5, 5.41) is 7.60. The molecule has 1 amide bonds. The first-order valence-electron chi connectivity index (χ1n) is 5.48. The summed E-state index contributed by atoms with van der Waals surface area (Å²) in [6, 6.07) is 4.05. The van der Waals surface area contributed by atoms with E-state index in [0.29, 0.717) is 5.13 Å². The van der Waals surface area contributed by atoms with Crippen LogP contribution in [0.2, 0.25) is 0 Å². The molecule has 3 nitrogen and oxygen atoms in total. The Morgan fingerprint density at radius 1 is 1.47 bits per heavy atom. The van der Waals surface area contributed by atoms with Gasteiger partial charge in [-0.15, -0.1) is 22.7 Å². The highest BCUT2D eigenvalue weighted by Gasteiger charge is 2.52. The Morgan fingerprint density at radius 2 is 2.29 bits per heavy atom. The number of anilines is 1. The molecule has 0 bridgehead atoms. The number of carbonyl (C=O) groups excluding carboxylic acids is 1. The summed E-state index contributed by atoms with van der Waals surface area (Å²) in [6.07, 6.45) is 1.90. The fourth-order valence-corrected chi connectivity index (χ4v) is 3.56. The minimum atomic E-state index is -0.270. The number of aryl methyl sites for hydroxylation is 1. The minimum absolute atomic E-state index is 0.0919. The topological polar surface area (TPSA) is 42.0 Å². The fraction of sp³-hybridized carbons (Fsp3) is 0.333. The number of carbonyl (C=O) groups is 1. The number of thiophene rings is 1. The molecule has 0 unspecified atom stereocenters. The van der Waals surface area contributed by atoms with Crippen LogP contribution in [0.15, 0.2) is 22.9 Å². The summed E-state index contributed by atoms with van der Waals surface area (Å²) in [7, 11) is 0. The molecule has 1 aliphatic rings. The molecule has 2 heterocycles. The van der Waals surface area contributed by atoms with Gasteiger partial charge in [-0.2, -0.15) is 0 Å². The lowest BCUT2D eigenvalue weighted by Gasteiger charge is -2.11. The molecule has 1 N–H and O–H groups in total. The van der Waals surface area contributed by atoms with Crippen molar-refractivity contribution in [3.8, 4) is 0 Å². The Balaban J connectivity index is 1.79. The normalized spacial score (nSPS) is 16.8. The van der Waals surface area contributed by atoms with Crippen molar-refractivity contribution in [3.05, 3.63) is 33.5 Å². The van der Waals surface area contributed by atoms with Crippen molar-refractivity contribution in [2.45, 2.75) is 25.2 Å². The summed E-state index contributed by atoms with van der Waals surface area (Å²) in [6.45, 7) is 1.93. The van der Waals surface area contributed by atoms with Gasteiger partial charge >= 0.3 is 0 Å². The maximum absolute atomic E-state index is 12.3. The number of aromatic nitrogens is 1. The molecule has 5 heteroatoms. The smallest absolute Gasteiger partial charge is 0.237 e. The third-order valence-electron chi connectivity index (χ3n) is 3.02. The van der Waals surface area contributed by atoms with Gasteiger partial charge in [0, 0.05) is 10.3 Å². The van der Waals surface area contributed by atoms with Gasteiger partial charge in [0.1, 0.15) is 0 Å². The SMILES string of the molecule is Cc1csc(NC(=O)C2(c3cccs3)CC2)n1. The molecule has 1 saturated carbocycles. The van der Waals surface area contributed by atoms with Crippen LogP contribution in [0.3, 0.4) is 0 Å². The number of rotatable bonds is 3. The van der Waals surface area contributed by atoms with Crippen molar-refractivity contribution in [3.63, 3.8) is 0 Å². The summed E-state index contributed by atoms with van der Waals surface area (Å²) >= 11 is 3.14. The quantitative estimate of drug-likeness (QED) is 0.925. The standard InChI is InChI=1S/C12H12N2OS2/c1-8-7-17-11(13-8)14-10(15)12(4-5-12)9-3-2-6-16-9/h2-3,6-7H,4-5H2,1H3,(H,13,14,15). The van der Waals surface area contributed by atoms with Crippen molar-refractivity contribution < 1.29 is 4.79 Å². The highest BCUT2D eigenvalue weighted by molar-refractivity contribution is 7.14. The van der Waals surface area contributed by atoms with Crippen LogP contribution >= 0.6 is 22.7 Å². The molecule has 1 aliphatic carbocycles. The Hall–Kier alpha value is -1.20. The van der Waals surface area contributed by atoms with Crippen molar-refractivity contribution in [1.29, 1.82) is 0 Å². The zero-order valence-corrected chi connectivity index (χ0v) is 11.0. The van der Waals surface area contributed by atoms with E-state index in [1.165, 1.54) is 16.2 Å². The van der Waals surface area contributed by atoms with Crippen LogP contribution in [0, 0.1) is 6.92 Å². The summed E-state index contributed by atoms with van der Waals surface area (Å²) in [4.78, 5) is 17.7. The van der Waals surface area contributed by atoms with E-state index < -0.39 is 0 Å². The molecule has 0 radical (unpaired) electrons. The van der Waals surface area contributed by atoms with Gasteiger partial charge in [0.2, 0.25) is 5.91 Å². The predicted octanol–water partition coefficient (Wildman–Crippen LogP) is 3.18. The number of nitrogens with one attached hydrogen (secondary N) is 1. The highest BCUT2D eigenvalue weighted by atomic mass is 32.1. The first-order chi connectivity index (χ1) is 8.21. The molecule has 0 aliphatic heterocycles. The molecule has 0 saturated heterocycles. The molecule has 0 spiro atoms. The third-order valence-corrected chi connectivity index (χ3v) is 4.97. The van der Waals surface area contributed by atoms with E-state index in [9.17, 15) is 4.79 Å². The number of hydrogen-bond acceptors (Lipinski definition) is 4. The lowest BCUT2D eigenvalue weighted by molar-refractivity contribution is -0.118. The molecule has 0 aromatic carbocycles. The monoisotopic (exact) mass is 264 g/mol. The average Bonchev–Trinajstić information content (AvgIpc) is 2.74. The average molecular weight is 264 g/mol. The molecular weight excluding hydrogens is 252 g/mol. The molecule has 1 fully saturated rings. The van der Waals surface area contributed by atoms with E-state index in [-0.39, 0.29) is 11.3 Å². The second-order valence-corrected chi connectivity index (χ2v) is 6.11. The zero-order valence-electron chi connectivity index (χ0n) is 9.40. The van der Waals surface area contributed by atoms with Crippen LogP contribution < -0.4 is 5.32 Å². The Morgan fingerprint density at radius 3 is 2.82 bits per heavy atom. The largest absolute Gasteiger partial charge is 0.301 e. The molecule has 0 atom stereocenters. The minimum Gasteiger partial charge on any atom is -0.301 e. The maximum atomic E-state index is 12.3. The lowest BCUT2D eigenvalue weighted by atomic mass is 10.0. The summed E-state index contributed by atoms with van der Waals surface area (Å²) in [5.74, 6) is 0.0919. The lowest BCUT2D eigenvalue weighted by Crippen LogP contribution is -2.26. The van der Waals surface area contributed by atoms with Gasteiger partial charge in [0.25, 0.3) is 0 Å². The summed E-state index contributed by atoms with van der Waals surface area (Å²) in [5.41, 5.74) is 0.680. The Labute approximate surface area is 108 Å². The highest BCUT2D eigenvalue weighted by Crippen LogP contribution is 2.50. The van der Waals surface area contributed by atoms with Crippen LogP contribution in [0.5, 0.6) is 0 Å². The molecule has 2 aromatic rings. The predicted molar refractivity (Wildman–Crippen MR) is 70.7 cm³/mol. The van der Waals surface area contributed by atoms with Gasteiger partial charge in [-0.1, -0.05) is 6.07 Å². The number of thiazole rings is 1. The molecular formula is C12H12N2OS2. The Kier molecular flexibility index (Phi) is 2.52. The van der Waals surface area contributed by atoms with Crippen LogP contribution in [-0.4, -0.2) is 10.9 Å². The van der Waals surface area contributed by atoms with E-state index in [1.807, 2.05) is 29.8 Å². The van der Waals surface area contributed by atoms with Crippen molar-refractivity contribution in [2.24, 2.45) is 0 Å². The number of nitrogens with zero attached hydrogens (tertiary/aromatic N) is 1. The number of amides is 1. The van der Waals surface area contributed by atoms with Crippen molar-refractivity contribution >= 4 is 33.7 Å².